The van der Waals surface area contributed by atoms with Crippen molar-refractivity contribution in [1.29, 1.82) is 0 Å². The summed E-state index contributed by atoms with van der Waals surface area (Å²) >= 11 is 0. The predicted molar refractivity (Wildman–Crippen MR) is 53.8 cm³/mol. The number of aliphatic carboxylic acids is 1. The van der Waals surface area contributed by atoms with E-state index >= 15 is 0 Å². The van der Waals surface area contributed by atoms with Crippen molar-refractivity contribution in [2.45, 2.75) is 13.0 Å². The van der Waals surface area contributed by atoms with Gasteiger partial charge in [-0.2, -0.15) is 5.10 Å². The fourth-order valence-corrected chi connectivity index (χ4v) is 1.24. The largest absolute Gasteiger partial charge is 0.479 e. The van der Waals surface area contributed by atoms with Crippen LogP contribution in [0.25, 0.3) is 10.9 Å². The molecule has 0 spiro atoms. The van der Waals surface area contributed by atoms with Crippen molar-refractivity contribution >= 4 is 16.9 Å². The Morgan fingerprint density at radius 1 is 1.60 bits per heavy atom. The van der Waals surface area contributed by atoms with Crippen LogP contribution in [0.4, 0.5) is 0 Å². The van der Waals surface area contributed by atoms with Crippen molar-refractivity contribution in [2.75, 3.05) is 0 Å². The van der Waals surface area contributed by atoms with Crippen molar-refractivity contribution in [1.82, 2.24) is 10.2 Å². The Morgan fingerprint density at radius 3 is 3.13 bits per heavy atom. The van der Waals surface area contributed by atoms with E-state index in [9.17, 15) is 4.79 Å². The second-order valence-electron chi connectivity index (χ2n) is 3.22. The molecule has 1 unspecified atom stereocenters. The lowest BCUT2D eigenvalue weighted by atomic mass is 10.2. The highest BCUT2D eigenvalue weighted by Crippen LogP contribution is 2.19. The molecule has 2 aromatic rings. The maximum atomic E-state index is 10.6. The number of carboxylic acids is 1. The van der Waals surface area contributed by atoms with Gasteiger partial charge in [0, 0.05) is 11.5 Å². The molecular weight excluding hydrogens is 196 g/mol. The zero-order valence-electron chi connectivity index (χ0n) is 8.10. The molecule has 2 rings (SSSR count). The highest BCUT2D eigenvalue weighted by atomic mass is 16.5. The Bertz CT molecular complexity index is 492. The molecule has 1 aromatic heterocycles. The summed E-state index contributed by atoms with van der Waals surface area (Å²) in [5.41, 5.74) is 0.824. The molecule has 0 radical (unpaired) electrons. The summed E-state index contributed by atoms with van der Waals surface area (Å²) in [7, 11) is 0. The van der Waals surface area contributed by atoms with E-state index in [-0.39, 0.29) is 0 Å². The average Bonchev–Trinajstić information content (AvgIpc) is 2.64. The lowest BCUT2D eigenvalue weighted by Crippen LogP contribution is -2.22. The molecule has 1 atom stereocenters. The van der Waals surface area contributed by atoms with Gasteiger partial charge in [-0.3, -0.25) is 5.10 Å². The van der Waals surface area contributed by atoms with E-state index in [2.05, 4.69) is 10.2 Å². The molecule has 0 aliphatic rings. The van der Waals surface area contributed by atoms with E-state index in [4.69, 9.17) is 9.84 Å². The quantitative estimate of drug-likeness (QED) is 0.796. The van der Waals surface area contributed by atoms with Gasteiger partial charge in [0.2, 0.25) is 0 Å². The minimum absolute atomic E-state index is 0.515. The lowest BCUT2D eigenvalue weighted by molar-refractivity contribution is -0.144. The van der Waals surface area contributed by atoms with Gasteiger partial charge in [-0.1, -0.05) is 0 Å². The van der Waals surface area contributed by atoms with E-state index in [1.807, 2.05) is 6.07 Å². The first kappa shape index (κ1) is 9.51. The number of carbonyl (C=O) groups is 1. The number of hydrogen-bond donors (Lipinski definition) is 2. The topological polar surface area (TPSA) is 75.2 Å². The number of hydrogen-bond acceptors (Lipinski definition) is 3. The van der Waals surface area contributed by atoms with Gasteiger partial charge in [-0.25, -0.2) is 4.79 Å². The van der Waals surface area contributed by atoms with Gasteiger partial charge in [0.25, 0.3) is 0 Å². The molecule has 0 aliphatic carbocycles. The van der Waals surface area contributed by atoms with Crippen LogP contribution in [-0.4, -0.2) is 27.4 Å². The molecule has 0 fully saturated rings. The van der Waals surface area contributed by atoms with E-state index in [0.29, 0.717) is 5.75 Å². The Kier molecular flexibility index (Phi) is 2.29. The molecular formula is C10H10N2O3. The molecule has 1 aromatic carbocycles. The first-order valence-corrected chi connectivity index (χ1v) is 4.49. The number of rotatable bonds is 3. The maximum Gasteiger partial charge on any atom is 0.344 e. The fourth-order valence-electron chi connectivity index (χ4n) is 1.24. The van der Waals surface area contributed by atoms with Crippen LogP contribution >= 0.6 is 0 Å². The van der Waals surface area contributed by atoms with Crippen molar-refractivity contribution < 1.29 is 14.6 Å². The van der Waals surface area contributed by atoms with E-state index in [0.717, 1.165) is 10.9 Å². The van der Waals surface area contributed by atoms with Gasteiger partial charge in [0.05, 0.1) is 11.7 Å². The highest BCUT2D eigenvalue weighted by Gasteiger charge is 2.12. The normalized spacial score (nSPS) is 12.6. The molecule has 5 nitrogen and oxygen atoms in total. The van der Waals surface area contributed by atoms with Crippen molar-refractivity contribution in [3.05, 3.63) is 24.4 Å². The number of nitrogens with zero attached hydrogens (tertiary/aromatic N) is 1. The number of aromatic amines is 1. The third kappa shape index (κ3) is 1.90. The zero-order valence-corrected chi connectivity index (χ0v) is 8.10. The van der Waals surface area contributed by atoms with Crippen LogP contribution in [0.2, 0.25) is 0 Å². The van der Waals surface area contributed by atoms with Crippen molar-refractivity contribution in [2.24, 2.45) is 0 Å². The monoisotopic (exact) mass is 206 g/mol. The minimum atomic E-state index is -0.986. The molecule has 1 heterocycles. The molecule has 0 aliphatic heterocycles. The standard InChI is InChI=1S/C10H10N2O3/c1-6(10(13)14)15-8-3-2-7-5-11-12-9(7)4-8/h2-6H,1H3,(H,11,12)(H,13,14). The molecule has 0 bridgehead atoms. The second kappa shape index (κ2) is 3.61. The first-order valence-electron chi connectivity index (χ1n) is 4.49. The minimum Gasteiger partial charge on any atom is -0.479 e. The van der Waals surface area contributed by atoms with Gasteiger partial charge < -0.3 is 9.84 Å². The Labute approximate surface area is 85.7 Å². The van der Waals surface area contributed by atoms with Crippen molar-refractivity contribution in [3.63, 3.8) is 0 Å². The number of carboxylic acid groups (broad SMARTS) is 1. The summed E-state index contributed by atoms with van der Waals surface area (Å²) in [6.45, 7) is 1.49. The van der Waals surface area contributed by atoms with E-state index < -0.39 is 12.1 Å². The Hall–Kier alpha value is -2.04. The predicted octanol–water partition coefficient (Wildman–Crippen LogP) is 1.41. The zero-order chi connectivity index (χ0) is 10.8. The molecule has 15 heavy (non-hydrogen) atoms. The van der Waals surface area contributed by atoms with Gasteiger partial charge >= 0.3 is 5.97 Å². The summed E-state index contributed by atoms with van der Waals surface area (Å²) in [6, 6.07) is 5.27. The second-order valence-corrected chi connectivity index (χ2v) is 3.22. The molecule has 5 heteroatoms. The third-order valence-corrected chi connectivity index (χ3v) is 2.07. The summed E-state index contributed by atoms with van der Waals surface area (Å²) in [4.78, 5) is 10.6. The van der Waals surface area contributed by atoms with Crippen LogP contribution in [-0.2, 0) is 4.79 Å². The Balaban J connectivity index is 2.24. The SMILES string of the molecule is CC(Oc1ccc2cn[nH]c2c1)C(=O)O. The summed E-state index contributed by atoms with van der Waals surface area (Å²) in [5.74, 6) is -0.471. The third-order valence-electron chi connectivity index (χ3n) is 2.07. The van der Waals surface area contributed by atoms with E-state index in [1.165, 1.54) is 6.92 Å². The lowest BCUT2D eigenvalue weighted by Gasteiger charge is -2.09. The van der Waals surface area contributed by atoms with Crippen LogP contribution in [0.15, 0.2) is 24.4 Å². The fraction of sp³-hybridized carbons (Fsp3) is 0.200. The number of aromatic nitrogens is 2. The Morgan fingerprint density at radius 2 is 2.40 bits per heavy atom. The number of benzene rings is 1. The number of ether oxygens (including phenoxy) is 1. The summed E-state index contributed by atoms with van der Waals surface area (Å²) in [6.07, 6.45) is 0.838. The van der Waals surface area contributed by atoms with Crippen molar-refractivity contribution in [3.8, 4) is 5.75 Å². The smallest absolute Gasteiger partial charge is 0.344 e. The molecule has 0 saturated heterocycles. The average molecular weight is 206 g/mol. The summed E-state index contributed by atoms with van der Waals surface area (Å²) < 4.78 is 5.21. The first-order chi connectivity index (χ1) is 7.16. The number of nitrogens with one attached hydrogen (secondary N) is 1. The van der Waals surface area contributed by atoms with E-state index in [1.54, 1.807) is 18.3 Å². The molecule has 0 saturated carbocycles. The van der Waals surface area contributed by atoms with Crippen LogP contribution in [0.1, 0.15) is 6.92 Å². The summed E-state index contributed by atoms with van der Waals surface area (Å²) in [5, 5.41) is 16.3. The number of fused-ring (bicyclic) bond motifs is 1. The van der Waals surface area contributed by atoms with Crippen LogP contribution in [0.5, 0.6) is 5.75 Å². The molecule has 2 N–H and O–H groups in total. The van der Waals surface area contributed by atoms with Crippen LogP contribution in [0, 0.1) is 0 Å². The van der Waals surface area contributed by atoms with Gasteiger partial charge in [0.1, 0.15) is 5.75 Å². The number of H-pyrrole nitrogens is 1. The highest BCUT2D eigenvalue weighted by molar-refractivity contribution is 5.79. The van der Waals surface area contributed by atoms with Gasteiger partial charge in [-0.05, 0) is 19.1 Å². The maximum absolute atomic E-state index is 10.6. The van der Waals surface area contributed by atoms with Crippen LogP contribution in [0.3, 0.4) is 0 Å². The van der Waals surface area contributed by atoms with Crippen LogP contribution < -0.4 is 4.74 Å². The van der Waals surface area contributed by atoms with Gasteiger partial charge in [-0.15, -0.1) is 0 Å². The molecule has 78 valence electrons. The molecule has 0 amide bonds. The van der Waals surface area contributed by atoms with Gasteiger partial charge in [0.15, 0.2) is 6.10 Å².